The molecule has 0 aliphatic rings. The molecular formula is C19H22ClN3O3. The summed E-state index contributed by atoms with van der Waals surface area (Å²) >= 11 is 5.90. The van der Waals surface area contributed by atoms with E-state index in [1.807, 2.05) is 14.1 Å². The Morgan fingerprint density at radius 2 is 1.96 bits per heavy atom. The molecule has 0 amide bonds. The van der Waals surface area contributed by atoms with Gasteiger partial charge in [0.2, 0.25) is 5.75 Å². The van der Waals surface area contributed by atoms with Gasteiger partial charge in [0.15, 0.2) is 0 Å². The fraction of sp³-hybridized carbons (Fsp3) is 0.316. The highest BCUT2D eigenvalue weighted by Crippen LogP contribution is 2.32. The molecule has 0 aromatic heterocycles. The standard InChI is InChI=1S/C19H22ClN3O3/c1-4-13-5-7-14(8-6-13)18(22(2)3)12-21-11-15-9-16(20)10-17(19(15)24)23(25)26/h5-11,18,24H,4,12H2,1-3H3/t18-/m0/s1. The number of nitrogens with zero attached hydrogens (tertiary/aromatic N) is 3. The molecule has 0 spiro atoms. The number of phenols is 1. The van der Waals surface area contributed by atoms with Crippen molar-refractivity contribution in [2.45, 2.75) is 19.4 Å². The van der Waals surface area contributed by atoms with Crippen molar-refractivity contribution in [3.63, 3.8) is 0 Å². The number of aromatic hydroxyl groups is 1. The Bertz CT molecular complexity index is 804. The van der Waals surface area contributed by atoms with Crippen LogP contribution in [0, 0.1) is 10.1 Å². The molecule has 0 saturated heterocycles. The maximum absolute atomic E-state index is 11.0. The van der Waals surface area contributed by atoms with E-state index >= 15 is 0 Å². The van der Waals surface area contributed by atoms with Crippen molar-refractivity contribution in [3.05, 3.63) is 68.2 Å². The van der Waals surface area contributed by atoms with Crippen LogP contribution in [0.2, 0.25) is 5.02 Å². The predicted octanol–water partition coefficient (Wildman–Crippen LogP) is 4.24. The normalized spacial score (nSPS) is 12.7. The summed E-state index contributed by atoms with van der Waals surface area (Å²) in [6, 6.07) is 11.0. The second-order valence-electron chi connectivity index (χ2n) is 6.19. The first-order valence-electron chi connectivity index (χ1n) is 8.25. The largest absolute Gasteiger partial charge is 0.502 e. The molecule has 0 aliphatic carbocycles. The molecule has 0 heterocycles. The summed E-state index contributed by atoms with van der Waals surface area (Å²) in [6.45, 7) is 2.55. The minimum atomic E-state index is -0.670. The van der Waals surface area contributed by atoms with E-state index < -0.39 is 16.4 Å². The van der Waals surface area contributed by atoms with E-state index in [2.05, 4.69) is 41.1 Å². The van der Waals surface area contributed by atoms with Crippen LogP contribution in [-0.2, 0) is 6.42 Å². The third-order valence-corrected chi connectivity index (χ3v) is 4.40. The number of rotatable bonds is 7. The number of halogens is 1. The van der Waals surface area contributed by atoms with E-state index in [0.717, 1.165) is 18.1 Å². The molecule has 7 heteroatoms. The van der Waals surface area contributed by atoms with E-state index in [9.17, 15) is 15.2 Å². The first kappa shape index (κ1) is 19.9. The van der Waals surface area contributed by atoms with Gasteiger partial charge in [-0.25, -0.2) is 0 Å². The molecule has 138 valence electrons. The van der Waals surface area contributed by atoms with Gasteiger partial charge in [0.25, 0.3) is 0 Å². The molecule has 0 bridgehead atoms. The zero-order valence-electron chi connectivity index (χ0n) is 15.0. The van der Waals surface area contributed by atoms with Crippen LogP contribution in [0.15, 0.2) is 41.4 Å². The van der Waals surface area contributed by atoms with Gasteiger partial charge < -0.3 is 10.0 Å². The number of phenolic OH excluding ortho intramolecular Hbond substituents is 1. The molecule has 2 rings (SSSR count). The second-order valence-corrected chi connectivity index (χ2v) is 6.63. The van der Waals surface area contributed by atoms with Crippen molar-refractivity contribution in [1.29, 1.82) is 0 Å². The molecule has 1 atom stereocenters. The van der Waals surface area contributed by atoms with Gasteiger partial charge in [0.1, 0.15) is 0 Å². The summed E-state index contributed by atoms with van der Waals surface area (Å²) in [5, 5.41) is 21.2. The summed E-state index contributed by atoms with van der Waals surface area (Å²) in [4.78, 5) is 16.7. The van der Waals surface area contributed by atoms with Gasteiger partial charge in [0, 0.05) is 22.9 Å². The van der Waals surface area contributed by atoms with Gasteiger partial charge in [-0.15, -0.1) is 0 Å². The van der Waals surface area contributed by atoms with Crippen molar-refractivity contribution >= 4 is 23.5 Å². The van der Waals surface area contributed by atoms with Crippen LogP contribution in [0.4, 0.5) is 5.69 Å². The zero-order chi connectivity index (χ0) is 19.3. The highest BCUT2D eigenvalue weighted by atomic mass is 35.5. The van der Waals surface area contributed by atoms with Gasteiger partial charge >= 0.3 is 5.69 Å². The quantitative estimate of drug-likeness (QED) is 0.446. The molecule has 0 aliphatic heterocycles. The van der Waals surface area contributed by atoms with Gasteiger partial charge in [-0.2, -0.15) is 0 Å². The monoisotopic (exact) mass is 375 g/mol. The number of likely N-dealkylation sites (N-methyl/N-ethyl adjacent to an activating group) is 1. The number of nitro groups is 1. The van der Waals surface area contributed by atoms with Crippen molar-refractivity contribution in [3.8, 4) is 5.75 Å². The van der Waals surface area contributed by atoms with Gasteiger partial charge in [-0.3, -0.25) is 15.1 Å². The highest BCUT2D eigenvalue weighted by molar-refractivity contribution is 6.31. The first-order chi connectivity index (χ1) is 12.3. The number of aliphatic imine (C=N–C) groups is 1. The fourth-order valence-corrected chi connectivity index (χ4v) is 2.86. The molecule has 1 N–H and O–H groups in total. The number of aryl methyl sites for hydroxylation is 1. The van der Waals surface area contributed by atoms with Gasteiger partial charge in [-0.05, 0) is 37.7 Å². The van der Waals surface area contributed by atoms with Crippen LogP contribution >= 0.6 is 11.6 Å². The predicted molar refractivity (Wildman–Crippen MR) is 104 cm³/mol. The van der Waals surface area contributed by atoms with Crippen LogP contribution < -0.4 is 0 Å². The van der Waals surface area contributed by atoms with Crippen LogP contribution in [0.1, 0.15) is 29.7 Å². The first-order valence-corrected chi connectivity index (χ1v) is 8.63. The van der Waals surface area contributed by atoms with E-state index in [-0.39, 0.29) is 16.6 Å². The molecule has 26 heavy (non-hydrogen) atoms. The lowest BCUT2D eigenvalue weighted by molar-refractivity contribution is -0.385. The van der Waals surface area contributed by atoms with E-state index in [1.54, 1.807) is 0 Å². The van der Waals surface area contributed by atoms with E-state index in [1.165, 1.54) is 17.8 Å². The Morgan fingerprint density at radius 3 is 2.50 bits per heavy atom. The topological polar surface area (TPSA) is 79.0 Å². The molecule has 6 nitrogen and oxygen atoms in total. The van der Waals surface area contributed by atoms with E-state index in [4.69, 9.17) is 11.6 Å². The Labute approximate surface area is 157 Å². The lowest BCUT2D eigenvalue weighted by Gasteiger charge is -2.23. The number of hydrogen-bond donors (Lipinski definition) is 1. The third-order valence-electron chi connectivity index (χ3n) is 4.19. The highest BCUT2D eigenvalue weighted by Gasteiger charge is 2.18. The molecule has 2 aromatic rings. The zero-order valence-corrected chi connectivity index (χ0v) is 15.8. The second kappa shape index (κ2) is 8.78. The van der Waals surface area contributed by atoms with Crippen molar-refractivity contribution in [2.24, 2.45) is 4.99 Å². The lowest BCUT2D eigenvalue weighted by Crippen LogP contribution is -2.22. The maximum atomic E-state index is 11.0. The summed E-state index contributed by atoms with van der Waals surface area (Å²) in [7, 11) is 3.94. The van der Waals surface area contributed by atoms with Crippen LogP contribution in [0.5, 0.6) is 5.75 Å². The number of nitro benzene ring substituents is 1. The summed E-state index contributed by atoms with van der Waals surface area (Å²) in [6.07, 6.45) is 2.41. The van der Waals surface area contributed by atoms with Gasteiger partial charge in [-0.1, -0.05) is 42.8 Å². The fourth-order valence-electron chi connectivity index (χ4n) is 2.64. The summed E-state index contributed by atoms with van der Waals surface area (Å²) < 4.78 is 0. The van der Waals surface area contributed by atoms with Crippen LogP contribution in [0.25, 0.3) is 0 Å². The van der Waals surface area contributed by atoms with Crippen molar-refractivity contribution in [2.75, 3.05) is 20.6 Å². The molecular weight excluding hydrogens is 354 g/mol. The van der Waals surface area contributed by atoms with Crippen molar-refractivity contribution in [1.82, 2.24) is 4.90 Å². The molecule has 0 unspecified atom stereocenters. The molecule has 0 radical (unpaired) electrons. The molecule has 0 saturated carbocycles. The lowest BCUT2D eigenvalue weighted by atomic mass is 10.0. The molecule has 0 fully saturated rings. The summed E-state index contributed by atoms with van der Waals surface area (Å²) in [5.74, 6) is -0.433. The Hall–Kier alpha value is -2.44. The number of benzene rings is 2. The maximum Gasteiger partial charge on any atom is 0.312 e. The number of hydrogen-bond acceptors (Lipinski definition) is 5. The minimum Gasteiger partial charge on any atom is -0.502 e. The Morgan fingerprint density at radius 1 is 1.31 bits per heavy atom. The SMILES string of the molecule is CCc1ccc([C@H](CN=Cc2cc(Cl)cc([N+](=O)[O-])c2O)N(C)C)cc1. The van der Waals surface area contributed by atoms with Crippen LogP contribution in [-0.4, -0.2) is 41.8 Å². The Balaban J connectivity index is 2.22. The average molecular weight is 376 g/mol. The smallest absolute Gasteiger partial charge is 0.312 e. The third kappa shape index (κ3) is 4.80. The van der Waals surface area contributed by atoms with Crippen LogP contribution in [0.3, 0.4) is 0 Å². The van der Waals surface area contributed by atoms with E-state index in [0.29, 0.717) is 6.54 Å². The van der Waals surface area contributed by atoms with Gasteiger partial charge in [0.05, 0.1) is 17.5 Å². The minimum absolute atomic E-state index is 0.0495. The summed E-state index contributed by atoms with van der Waals surface area (Å²) in [5.41, 5.74) is 2.19. The van der Waals surface area contributed by atoms with Crippen molar-refractivity contribution < 1.29 is 10.0 Å². The molecule has 2 aromatic carbocycles. The Kier molecular flexibility index (Phi) is 6.71. The average Bonchev–Trinajstić information content (AvgIpc) is 2.60.